The van der Waals surface area contributed by atoms with Crippen molar-refractivity contribution in [1.82, 2.24) is 0 Å². The number of benzene rings is 2. The van der Waals surface area contributed by atoms with Gasteiger partial charge in [0.05, 0.1) is 12.8 Å². The summed E-state index contributed by atoms with van der Waals surface area (Å²) in [5.74, 6) is 1.13. The molecule has 0 fully saturated rings. The first-order valence-corrected chi connectivity index (χ1v) is 7.73. The summed E-state index contributed by atoms with van der Waals surface area (Å²) < 4.78 is 11.5. The van der Waals surface area contributed by atoms with Gasteiger partial charge < -0.3 is 20.9 Å². The van der Waals surface area contributed by atoms with Gasteiger partial charge in [-0.1, -0.05) is 29.8 Å². The van der Waals surface area contributed by atoms with Gasteiger partial charge in [-0.3, -0.25) is 0 Å². The van der Waals surface area contributed by atoms with Crippen LogP contribution in [0.3, 0.4) is 0 Å². The van der Waals surface area contributed by atoms with Crippen molar-refractivity contribution in [2.24, 2.45) is 21.7 Å². The molecule has 0 atom stereocenters. The van der Waals surface area contributed by atoms with Crippen molar-refractivity contribution in [2.75, 3.05) is 6.61 Å². The first-order chi connectivity index (χ1) is 11.6. The highest BCUT2D eigenvalue weighted by molar-refractivity contribution is 6.31. The second kappa shape index (κ2) is 8.79. The number of hydrogen-bond donors (Lipinski definition) is 2. The Morgan fingerprint density at radius 2 is 1.92 bits per heavy atom. The van der Waals surface area contributed by atoms with E-state index in [1.54, 1.807) is 12.1 Å². The van der Waals surface area contributed by atoms with Crippen molar-refractivity contribution in [3.63, 3.8) is 0 Å². The summed E-state index contributed by atoms with van der Waals surface area (Å²) in [5, 5.41) is 8.00. The number of halogens is 1. The first-order valence-electron chi connectivity index (χ1n) is 7.35. The monoisotopic (exact) mass is 346 g/mol. The Morgan fingerprint density at radius 1 is 1.12 bits per heavy atom. The molecule has 0 aliphatic carbocycles. The van der Waals surface area contributed by atoms with Gasteiger partial charge in [0.1, 0.15) is 6.61 Å². The van der Waals surface area contributed by atoms with Crippen LogP contribution < -0.4 is 20.9 Å². The predicted octanol–water partition coefficient (Wildman–Crippen LogP) is 2.93. The molecule has 24 heavy (non-hydrogen) atoms. The third-order valence-electron chi connectivity index (χ3n) is 2.99. The average molecular weight is 347 g/mol. The predicted molar refractivity (Wildman–Crippen MR) is 96.8 cm³/mol. The fourth-order valence-corrected chi connectivity index (χ4v) is 2.12. The molecular formula is C17H19ClN4O2. The van der Waals surface area contributed by atoms with E-state index >= 15 is 0 Å². The molecule has 0 amide bonds. The molecule has 4 N–H and O–H groups in total. The first kappa shape index (κ1) is 17.6. The number of nitrogens with zero attached hydrogens (tertiary/aromatic N) is 2. The average Bonchev–Trinajstić information content (AvgIpc) is 2.55. The Morgan fingerprint density at radius 3 is 2.62 bits per heavy atom. The van der Waals surface area contributed by atoms with Crippen LogP contribution in [0.2, 0.25) is 5.02 Å². The molecule has 7 heteroatoms. The molecule has 2 rings (SSSR count). The standard InChI is InChI=1S/C17H19ClN4O2/c1-2-23-16-9-12(10-21-22-17(19)20)7-8-15(16)24-11-13-5-3-4-6-14(13)18/h3-10H,2,11H2,1H3,(H4,19,20,22). The lowest BCUT2D eigenvalue weighted by molar-refractivity contribution is 0.269. The topological polar surface area (TPSA) is 95.2 Å². The van der Waals surface area contributed by atoms with Crippen molar-refractivity contribution < 1.29 is 9.47 Å². The minimum atomic E-state index is -0.101. The molecule has 0 aliphatic heterocycles. The summed E-state index contributed by atoms with van der Waals surface area (Å²) in [4.78, 5) is 0. The molecule has 6 nitrogen and oxygen atoms in total. The lowest BCUT2D eigenvalue weighted by Crippen LogP contribution is -2.21. The molecule has 0 saturated heterocycles. The van der Waals surface area contributed by atoms with E-state index in [4.69, 9.17) is 32.5 Å². The van der Waals surface area contributed by atoms with Crippen molar-refractivity contribution >= 4 is 23.8 Å². The molecule has 0 radical (unpaired) electrons. The molecule has 0 unspecified atom stereocenters. The number of nitrogens with two attached hydrogens (primary N) is 2. The molecule has 0 heterocycles. The zero-order valence-electron chi connectivity index (χ0n) is 13.3. The van der Waals surface area contributed by atoms with Crippen LogP contribution in [0.5, 0.6) is 11.5 Å². The van der Waals surface area contributed by atoms with Crippen LogP contribution in [0.4, 0.5) is 0 Å². The summed E-state index contributed by atoms with van der Waals surface area (Å²) in [6.45, 7) is 2.76. The van der Waals surface area contributed by atoms with Gasteiger partial charge in [-0.2, -0.15) is 5.10 Å². The van der Waals surface area contributed by atoms with E-state index < -0.39 is 0 Å². The van der Waals surface area contributed by atoms with Gasteiger partial charge in [-0.25, -0.2) is 0 Å². The van der Waals surface area contributed by atoms with Crippen LogP contribution in [-0.4, -0.2) is 18.8 Å². The Hall–Kier alpha value is -2.73. The maximum absolute atomic E-state index is 6.14. The van der Waals surface area contributed by atoms with E-state index in [1.807, 2.05) is 37.3 Å². The number of rotatable bonds is 7. The van der Waals surface area contributed by atoms with E-state index in [2.05, 4.69) is 10.2 Å². The zero-order chi connectivity index (χ0) is 17.4. The van der Waals surface area contributed by atoms with Crippen LogP contribution in [-0.2, 0) is 6.61 Å². The van der Waals surface area contributed by atoms with Gasteiger partial charge >= 0.3 is 0 Å². The normalized spacial score (nSPS) is 10.6. The number of ether oxygens (including phenoxy) is 2. The van der Waals surface area contributed by atoms with E-state index in [0.717, 1.165) is 11.1 Å². The zero-order valence-corrected chi connectivity index (χ0v) is 14.0. The minimum absolute atomic E-state index is 0.101. The van der Waals surface area contributed by atoms with Crippen LogP contribution in [0, 0.1) is 0 Å². The molecule has 126 valence electrons. The van der Waals surface area contributed by atoms with Crippen LogP contribution in [0.25, 0.3) is 0 Å². The highest BCUT2D eigenvalue weighted by Crippen LogP contribution is 2.29. The molecular weight excluding hydrogens is 328 g/mol. The van der Waals surface area contributed by atoms with E-state index in [-0.39, 0.29) is 5.96 Å². The molecule has 0 spiro atoms. The summed E-state index contributed by atoms with van der Waals surface area (Å²) in [5.41, 5.74) is 12.1. The van der Waals surface area contributed by atoms with Gasteiger partial charge in [0.25, 0.3) is 0 Å². The van der Waals surface area contributed by atoms with Crippen molar-refractivity contribution in [1.29, 1.82) is 0 Å². The van der Waals surface area contributed by atoms with Crippen LogP contribution in [0.15, 0.2) is 52.7 Å². The fraction of sp³-hybridized carbons (Fsp3) is 0.176. The number of guanidine groups is 1. The molecule has 0 aromatic heterocycles. The third kappa shape index (κ3) is 5.17. The molecule has 0 bridgehead atoms. The second-order valence-corrected chi connectivity index (χ2v) is 5.20. The van der Waals surface area contributed by atoms with Crippen molar-refractivity contribution in [3.8, 4) is 11.5 Å². The molecule has 0 saturated carbocycles. The van der Waals surface area contributed by atoms with E-state index in [0.29, 0.717) is 29.7 Å². The van der Waals surface area contributed by atoms with Crippen LogP contribution >= 0.6 is 11.6 Å². The van der Waals surface area contributed by atoms with Gasteiger partial charge in [-0.15, -0.1) is 5.10 Å². The Labute approximate surface area is 145 Å². The molecule has 2 aromatic rings. The highest BCUT2D eigenvalue weighted by Gasteiger charge is 2.07. The largest absolute Gasteiger partial charge is 0.490 e. The lowest BCUT2D eigenvalue weighted by atomic mass is 10.2. The SMILES string of the molecule is CCOc1cc(C=NN=C(N)N)ccc1OCc1ccccc1Cl. The third-order valence-corrected chi connectivity index (χ3v) is 3.36. The maximum Gasteiger partial charge on any atom is 0.211 e. The summed E-state index contributed by atoms with van der Waals surface area (Å²) in [6, 6.07) is 13.0. The molecule has 0 aliphatic rings. The van der Waals surface area contributed by atoms with Gasteiger partial charge in [0.15, 0.2) is 11.5 Å². The van der Waals surface area contributed by atoms with Crippen LogP contribution in [0.1, 0.15) is 18.1 Å². The summed E-state index contributed by atoms with van der Waals surface area (Å²) in [7, 11) is 0. The van der Waals surface area contributed by atoms with E-state index in [9.17, 15) is 0 Å². The van der Waals surface area contributed by atoms with Gasteiger partial charge in [-0.05, 0) is 36.8 Å². The Balaban J connectivity index is 2.15. The minimum Gasteiger partial charge on any atom is -0.490 e. The fourth-order valence-electron chi connectivity index (χ4n) is 1.93. The van der Waals surface area contributed by atoms with Crippen molar-refractivity contribution in [2.45, 2.75) is 13.5 Å². The lowest BCUT2D eigenvalue weighted by Gasteiger charge is -2.13. The highest BCUT2D eigenvalue weighted by atomic mass is 35.5. The van der Waals surface area contributed by atoms with E-state index in [1.165, 1.54) is 6.21 Å². The van der Waals surface area contributed by atoms with Gasteiger partial charge in [0, 0.05) is 10.6 Å². The second-order valence-electron chi connectivity index (χ2n) is 4.79. The summed E-state index contributed by atoms with van der Waals surface area (Å²) >= 11 is 6.14. The Bertz CT molecular complexity index is 743. The van der Waals surface area contributed by atoms with Gasteiger partial charge in [0.2, 0.25) is 5.96 Å². The maximum atomic E-state index is 6.14. The summed E-state index contributed by atoms with van der Waals surface area (Å²) in [6.07, 6.45) is 1.53. The smallest absolute Gasteiger partial charge is 0.211 e. The number of hydrogen-bond acceptors (Lipinski definition) is 4. The molecule has 2 aromatic carbocycles. The van der Waals surface area contributed by atoms with Crippen molar-refractivity contribution in [3.05, 3.63) is 58.6 Å². The quantitative estimate of drug-likeness (QED) is 0.457. The Kier molecular flexibility index (Phi) is 6.45.